The largest absolute Gasteiger partial charge is 0.493 e. The van der Waals surface area contributed by atoms with Crippen molar-refractivity contribution >= 4 is 17.2 Å². The summed E-state index contributed by atoms with van der Waals surface area (Å²) >= 11 is 0. The monoisotopic (exact) mass is 436 g/mol. The maximum absolute atomic E-state index is 11.8. The fourth-order valence-electron chi connectivity index (χ4n) is 3.61. The summed E-state index contributed by atoms with van der Waals surface area (Å²) in [4.78, 5) is 19.0. The Hall–Kier alpha value is -2.92. The third-order valence-corrected chi connectivity index (χ3v) is 5.47. The summed E-state index contributed by atoms with van der Waals surface area (Å²) in [7, 11) is 3.18. The maximum Gasteiger partial charge on any atom is 0.161 e. The molecule has 172 valence electrons. The molecule has 0 unspecified atom stereocenters. The van der Waals surface area contributed by atoms with Gasteiger partial charge in [0.05, 0.1) is 19.9 Å². The standard InChI is InChI=1S/C27H36N2O3/c1-8-22(23-13-15-29(16-14-23)19(2)3)10-9-20(4)28-25(17-21(5)30)24-11-12-26(31-6)27(18-24)32-7/h8-13,17-19H,14-16H2,1-7H3/b10-9-,22-8+,25-17-,28-20+. The average Bonchev–Trinajstić information content (AvgIpc) is 2.78. The summed E-state index contributed by atoms with van der Waals surface area (Å²) in [6.07, 6.45) is 11.1. The SMILES string of the molecule is C\C=C(/C=C\C(C)=N\C(=C/C(C)=O)c1ccc(OC)c(OC)c1)C1=CCN(C(C)C)CC1. The van der Waals surface area contributed by atoms with E-state index in [4.69, 9.17) is 14.5 Å². The lowest BCUT2D eigenvalue weighted by molar-refractivity contribution is -0.112. The van der Waals surface area contributed by atoms with Crippen LogP contribution < -0.4 is 9.47 Å². The number of hydrogen-bond acceptors (Lipinski definition) is 5. The van der Waals surface area contributed by atoms with Gasteiger partial charge in [-0.25, -0.2) is 0 Å². The van der Waals surface area contributed by atoms with Crippen molar-refractivity contribution in [2.24, 2.45) is 4.99 Å². The number of rotatable bonds is 9. The Kier molecular flexibility index (Phi) is 9.66. The molecular formula is C27H36N2O3. The predicted molar refractivity (Wildman–Crippen MR) is 134 cm³/mol. The van der Waals surface area contributed by atoms with E-state index in [0.29, 0.717) is 23.2 Å². The van der Waals surface area contributed by atoms with Gasteiger partial charge in [-0.2, -0.15) is 0 Å². The van der Waals surface area contributed by atoms with Crippen molar-refractivity contribution in [2.45, 2.75) is 47.1 Å². The van der Waals surface area contributed by atoms with Gasteiger partial charge in [0.2, 0.25) is 0 Å². The lowest BCUT2D eigenvalue weighted by Crippen LogP contribution is -2.34. The summed E-state index contributed by atoms with van der Waals surface area (Å²) in [6.45, 7) is 12.1. The molecule has 0 aliphatic carbocycles. The summed E-state index contributed by atoms with van der Waals surface area (Å²) in [5.41, 5.74) is 4.78. The van der Waals surface area contributed by atoms with Crippen molar-refractivity contribution in [2.75, 3.05) is 27.3 Å². The second-order valence-corrected chi connectivity index (χ2v) is 8.11. The highest BCUT2D eigenvalue weighted by molar-refractivity contribution is 6.01. The van der Waals surface area contributed by atoms with Crippen LogP contribution >= 0.6 is 0 Å². The highest BCUT2D eigenvalue weighted by Gasteiger charge is 2.15. The number of methoxy groups -OCH3 is 2. The second kappa shape index (κ2) is 12.2. The van der Waals surface area contributed by atoms with Gasteiger partial charge in [-0.1, -0.05) is 18.2 Å². The molecule has 1 heterocycles. The summed E-state index contributed by atoms with van der Waals surface area (Å²) in [6, 6.07) is 6.09. The molecule has 0 amide bonds. The first-order chi connectivity index (χ1) is 15.3. The summed E-state index contributed by atoms with van der Waals surface area (Å²) < 4.78 is 10.7. The fourth-order valence-corrected chi connectivity index (χ4v) is 3.61. The Bertz CT molecular complexity index is 965. The summed E-state index contributed by atoms with van der Waals surface area (Å²) in [5.74, 6) is 1.17. The lowest BCUT2D eigenvalue weighted by atomic mass is 9.98. The van der Waals surface area contributed by atoms with E-state index in [1.165, 1.54) is 18.1 Å². The topological polar surface area (TPSA) is 51.1 Å². The third-order valence-electron chi connectivity index (χ3n) is 5.47. The molecule has 0 spiro atoms. The molecule has 0 radical (unpaired) electrons. The molecule has 5 heteroatoms. The number of aliphatic imine (C=N–C) groups is 1. The van der Waals surface area contributed by atoms with E-state index in [1.807, 2.05) is 31.2 Å². The number of carbonyl (C=O) groups excluding carboxylic acids is 1. The van der Waals surface area contributed by atoms with Crippen LogP contribution in [0.1, 0.15) is 46.6 Å². The Balaban J connectivity index is 2.27. The first kappa shape index (κ1) is 25.3. The highest BCUT2D eigenvalue weighted by atomic mass is 16.5. The van der Waals surface area contributed by atoms with Gasteiger partial charge in [0.1, 0.15) is 0 Å². The van der Waals surface area contributed by atoms with Crippen molar-refractivity contribution in [1.29, 1.82) is 0 Å². The molecule has 0 bridgehead atoms. The quantitative estimate of drug-likeness (QED) is 0.286. The molecule has 1 aliphatic heterocycles. The fraction of sp³-hybridized carbons (Fsp3) is 0.407. The first-order valence-electron chi connectivity index (χ1n) is 11.1. The highest BCUT2D eigenvalue weighted by Crippen LogP contribution is 2.31. The number of allylic oxidation sites excluding steroid dienone is 5. The zero-order valence-corrected chi connectivity index (χ0v) is 20.4. The molecule has 0 aromatic heterocycles. The minimum absolute atomic E-state index is 0.0634. The molecular weight excluding hydrogens is 400 g/mol. The molecule has 1 aromatic carbocycles. The van der Waals surface area contributed by atoms with Gasteiger partial charge in [0, 0.05) is 36.5 Å². The van der Waals surface area contributed by atoms with E-state index < -0.39 is 0 Å². The Morgan fingerprint density at radius 3 is 2.38 bits per heavy atom. The number of ketones is 1. The van der Waals surface area contributed by atoms with Crippen molar-refractivity contribution in [1.82, 2.24) is 4.90 Å². The zero-order valence-electron chi connectivity index (χ0n) is 20.4. The third kappa shape index (κ3) is 7.06. The lowest BCUT2D eigenvalue weighted by Gasteiger charge is -2.30. The predicted octanol–water partition coefficient (Wildman–Crippen LogP) is 5.64. The number of carbonyl (C=O) groups is 1. The molecule has 1 aliphatic rings. The Morgan fingerprint density at radius 2 is 1.84 bits per heavy atom. The molecule has 2 rings (SSSR count). The maximum atomic E-state index is 11.8. The van der Waals surface area contributed by atoms with Crippen molar-refractivity contribution < 1.29 is 14.3 Å². The van der Waals surface area contributed by atoms with Crippen LogP contribution in [0.3, 0.4) is 0 Å². The molecule has 0 atom stereocenters. The van der Waals surface area contributed by atoms with Gasteiger partial charge in [-0.05, 0) is 76.5 Å². The van der Waals surface area contributed by atoms with Crippen LogP contribution in [0.5, 0.6) is 11.5 Å². The minimum atomic E-state index is -0.0634. The first-order valence-corrected chi connectivity index (χ1v) is 11.1. The van der Waals surface area contributed by atoms with Crippen molar-refractivity contribution in [3.8, 4) is 11.5 Å². The van der Waals surface area contributed by atoms with Crippen LogP contribution in [-0.4, -0.2) is 49.7 Å². The molecule has 0 saturated heterocycles. The zero-order chi connectivity index (χ0) is 23.7. The smallest absolute Gasteiger partial charge is 0.161 e. The van der Waals surface area contributed by atoms with Gasteiger partial charge in [0.15, 0.2) is 17.3 Å². The molecule has 0 N–H and O–H groups in total. The van der Waals surface area contributed by atoms with Gasteiger partial charge in [-0.3, -0.25) is 14.7 Å². The van der Waals surface area contributed by atoms with Gasteiger partial charge < -0.3 is 9.47 Å². The van der Waals surface area contributed by atoms with Crippen molar-refractivity contribution in [3.05, 3.63) is 65.3 Å². The number of ether oxygens (including phenoxy) is 2. The van der Waals surface area contributed by atoms with E-state index in [-0.39, 0.29) is 5.78 Å². The van der Waals surface area contributed by atoms with Crippen LogP contribution in [0, 0.1) is 0 Å². The average molecular weight is 437 g/mol. The van der Waals surface area contributed by atoms with Gasteiger partial charge in [-0.15, -0.1) is 0 Å². The number of hydrogen-bond donors (Lipinski definition) is 0. The minimum Gasteiger partial charge on any atom is -0.493 e. The molecule has 0 saturated carbocycles. The second-order valence-electron chi connectivity index (χ2n) is 8.11. The van der Waals surface area contributed by atoms with E-state index in [9.17, 15) is 4.79 Å². The molecule has 1 aromatic rings. The van der Waals surface area contributed by atoms with Gasteiger partial charge >= 0.3 is 0 Å². The van der Waals surface area contributed by atoms with Gasteiger partial charge in [0.25, 0.3) is 0 Å². The van der Waals surface area contributed by atoms with E-state index >= 15 is 0 Å². The van der Waals surface area contributed by atoms with E-state index in [2.05, 4.69) is 43.9 Å². The Morgan fingerprint density at radius 1 is 1.12 bits per heavy atom. The molecule has 32 heavy (non-hydrogen) atoms. The Labute approximate surface area is 192 Å². The van der Waals surface area contributed by atoms with Crippen LogP contribution in [0.15, 0.2) is 64.7 Å². The van der Waals surface area contributed by atoms with Crippen LogP contribution in [0.2, 0.25) is 0 Å². The normalized spacial score (nSPS) is 16.5. The van der Waals surface area contributed by atoms with E-state index in [0.717, 1.165) is 30.8 Å². The van der Waals surface area contributed by atoms with Crippen LogP contribution in [0.25, 0.3) is 5.70 Å². The number of benzene rings is 1. The summed E-state index contributed by atoms with van der Waals surface area (Å²) in [5, 5.41) is 0. The molecule has 0 fully saturated rings. The van der Waals surface area contributed by atoms with Crippen molar-refractivity contribution in [3.63, 3.8) is 0 Å². The van der Waals surface area contributed by atoms with Crippen LogP contribution in [0.4, 0.5) is 0 Å². The molecule has 5 nitrogen and oxygen atoms in total. The number of nitrogens with zero attached hydrogens (tertiary/aromatic N) is 2. The van der Waals surface area contributed by atoms with Crippen LogP contribution in [-0.2, 0) is 4.79 Å². The van der Waals surface area contributed by atoms with E-state index in [1.54, 1.807) is 20.3 Å².